The third kappa shape index (κ3) is 5.92. The van der Waals surface area contributed by atoms with Gasteiger partial charge in [0.1, 0.15) is 5.75 Å². The zero-order valence-corrected chi connectivity index (χ0v) is 19.6. The third-order valence-electron chi connectivity index (χ3n) is 5.25. The molecule has 1 aliphatic carbocycles. The Morgan fingerprint density at radius 3 is 2.42 bits per heavy atom. The van der Waals surface area contributed by atoms with Crippen LogP contribution in [0.5, 0.6) is 5.75 Å². The average Bonchev–Trinajstić information content (AvgIpc) is 2.76. The van der Waals surface area contributed by atoms with E-state index in [1.165, 1.54) is 16.4 Å². The van der Waals surface area contributed by atoms with Gasteiger partial charge in [0.25, 0.3) is 0 Å². The highest BCUT2D eigenvalue weighted by Gasteiger charge is 2.34. The lowest BCUT2D eigenvalue weighted by Gasteiger charge is -2.33. The minimum Gasteiger partial charge on any atom is -0.494 e. The number of rotatable bonds is 8. The lowest BCUT2D eigenvalue weighted by molar-refractivity contribution is -0.116. The van der Waals surface area contributed by atoms with Gasteiger partial charge in [0.05, 0.1) is 33.8 Å². The zero-order chi connectivity index (χ0) is 22.4. The van der Waals surface area contributed by atoms with E-state index in [0.717, 1.165) is 32.1 Å². The standard InChI is InChI=1S/C22H26Cl2N2O4S/c1-2-30-17-11-13-18(14-12-17)31(28,29)26(16-7-4-3-5-8-16)15-21(27)25-20-10-6-9-19(23)22(20)24/h6,9-14,16H,2-5,7-8,15H2,1H3,(H,25,27). The highest BCUT2D eigenvalue weighted by Crippen LogP contribution is 2.31. The number of amides is 1. The minimum absolute atomic E-state index is 0.134. The van der Waals surface area contributed by atoms with Gasteiger partial charge in [-0.15, -0.1) is 0 Å². The second-order valence-corrected chi connectivity index (χ2v) is 10.1. The maximum Gasteiger partial charge on any atom is 0.243 e. The van der Waals surface area contributed by atoms with Gasteiger partial charge in [-0.3, -0.25) is 4.79 Å². The maximum atomic E-state index is 13.5. The molecule has 6 nitrogen and oxygen atoms in total. The summed E-state index contributed by atoms with van der Waals surface area (Å²) in [5.74, 6) is 0.128. The lowest BCUT2D eigenvalue weighted by atomic mass is 9.95. The molecule has 1 N–H and O–H groups in total. The molecule has 2 aromatic carbocycles. The Morgan fingerprint density at radius 1 is 1.10 bits per heavy atom. The van der Waals surface area contributed by atoms with E-state index in [4.69, 9.17) is 27.9 Å². The Bertz CT molecular complexity index is 1010. The number of hydrogen-bond acceptors (Lipinski definition) is 4. The van der Waals surface area contributed by atoms with Crippen LogP contribution in [-0.4, -0.2) is 37.8 Å². The summed E-state index contributed by atoms with van der Waals surface area (Å²) in [5.41, 5.74) is 0.348. The van der Waals surface area contributed by atoms with Gasteiger partial charge in [0.2, 0.25) is 15.9 Å². The normalized spacial score (nSPS) is 15.1. The van der Waals surface area contributed by atoms with Gasteiger partial charge in [-0.2, -0.15) is 4.31 Å². The number of carbonyl (C=O) groups excluding carboxylic acids is 1. The summed E-state index contributed by atoms with van der Waals surface area (Å²) in [6.07, 6.45) is 4.38. The summed E-state index contributed by atoms with van der Waals surface area (Å²) in [4.78, 5) is 12.9. The lowest BCUT2D eigenvalue weighted by Crippen LogP contribution is -2.45. The summed E-state index contributed by atoms with van der Waals surface area (Å²) >= 11 is 12.2. The first-order valence-electron chi connectivity index (χ1n) is 10.3. The third-order valence-corrected chi connectivity index (χ3v) is 7.98. The molecule has 1 fully saturated rings. The number of nitrogens with one attached hydrogen (secondary N) is 1. The largest absolute Gasteiger partial charge is 0.494 e. The van der Waals surface area contributed by atoms with Crippen molar-refractivity contribution in [2.75, 3.05) is 18.5 Å². The van der Waals surface area contributed by atoms with E-state index >= 15 is 0 Å². The minimum atomic E-state index is -3.88. The number of halogens is 2. The van der Waals surface area contributed by atoms with Crippen LogP contribution in [0.4, 0.5) is 5.69 Å². The van der Waals surface area contributed by atoms with Crippen LogP contribution in [0.3, 0.4) is 0 Å². The smallest absolute Gasteiger partial charge is 0.243 e. The zero-order valence-electron chi connectivity index (χ0n) is 17.3. The van der Waals surface area contributed by atoms with Crippen molar-refractivity contribution in [1.82, 2.24) is 4.31 Å². The van der Waals surface area contributed by atoms with E-state index in [9.17, 15) is 13.2 Å². The molecule has 9 heteroatoms. The molecule has 0 unspecified atom stereocenters. The first-order chi connectivity index (χ1) is 14.8. The van der Waals surface area contributed by atoms with Crippen molar-refractivity contribution < 1.29 is 17.9 Å². The van der Waals surface area contributed by atoms with Gasteiger partial charge in [0.15, 0.2) is 0 Å². The monoisotopic (exact) mass is 484 g/mol. The molecule has 1 amide bonds. The van der Waals surface area contributed by atoms with Crippen molar-refractivity contribution in [1.29, 1.82) is 0 Å². The van der Waals surface area contributed by atoms with Crippen LogP contribution in [-0.2, 0) is 14.8 Å². The Morgan fingerprint density at radius 2 is 1.77 bits per heavy atom. The molecule has 168 valence electrons. The van der Waals surface area contributed by atoms with Crippen molar-refractivity contribution in [3.63, 3.8) is 0 Å². The second kappa shape index (κ2) is 10.7. The topological polar surface area (TPSA) is 75.7 Å². The first kappa shape index (κ1) is 23.9. The summed E-state index contributed by atoms with van der Waals surface area (Å²) in [5, 5.41) is 3.22. The Hall–Kier alpha value is -1.80. The van der Waals surface area contributed by atoms with Gasteiger partial charge in [0, 0.05) is 6.04 Å². The fourth-order valence-electron chi connectivity index (χ4n) is 3.72. The molecule has 0 saturated heterocycles. The van der Waals surface area contributed by atoms with E-state index in [0.29, 0.717) is 23.1 Å². The molecule has 0 bridgehead atoms. The van der Waals surface area contributed by atoms with Gasteiger partial charge >= 0.3 is 0 Å². The Balaban J connectivity index is 1.85. The van der Waals surface area contributed by atoms with E-state index in [2.05, 4.69) is 5.32 Å². The van der Waals surface area contributed by atoms with Crippen LogP contribution in [0.1, 0.15) is 39.0 Å². The molecule has 1 aliphatic rings. The van der Waals surface area contributed by atoms with Crippen LogP contribution in [0.2, 0.25) is 10.0 Å². The van der Waals surface area contributed by atoms with Gasteiger partial charge in [-0.25, -0.2) is 8.42 Å². The molecular weight excluding hydrogens is 459 g/mol. The van der Waals surface area contributed by atoms with Crippen LogP contribution in [0.25, 0.3) is 0 Å². The number of ether oxygens (including phenoxy) is 1. The van der Waals surface area contributed by atoms with Crippen molar-refractivity contribution in [2.45, 2.75) is 50.0 Å². The van der Waals surface area contributed by atoms with Crippen molar-refractivity contribution in [2.24, 2.45) is 0 Å². The van der Waals surface area contributed by atoms with Crippen LogP contribution >= 0.6 is 23.2 Å². The van der Waals surface area contributed by atoms with Gasteiger partial charge < -0.3 is 10.1 Å². The highest BCUT2D eigenvalue weighted by atomic mass is 35.5. The van der Waals surface area contributed by atoms with E-state index in [1.54, 1.807) is 30.3 Å². The molecule has 1 saturated carbocycles. The van der Waals surface area contributed by atoms with Crippen molar-refractivity contribution >= 4 is 44.8 Å². The van der Waals surface area contributed by atoms with Crippen molar-refractivity contribution in [3.05, 3.63) is 52.5 Å². The van der Waals surface area contributed by atoms with Crippen LogP contribution < -0.4 is 10.1 Å². The molecule has 3 rings (SSSR count). The average molecular weight is 485 g/mol. The second-order valence-electron chi connectivity index (χ2n) is 7.40. The van der Waals surface area contributed by atoms with E-state index < -0.39 is 15.9 Å². The molecule has 2 aromatic rings. The molecule has 0 heterocycles. The fraction of sp³-hybridized carbons (Fsp3) is 0.409. The molecule has 0 aromatic heterocycles. The quantitative estimate of drug-likeness (QED) is 0.547. The number of nitrogens with zero attached hydrogens (tertiary/aromatic N) is 1. The van der Waals surface area contributed by atoms with Crippen LogP contribution in [0, 0.1) is 0 Å². The van der Waals surface area contributed by atoms with Crippen molar-refractivity contribution in [3.8, 4) is 5.75 Å². The molecule has 0 radical (unpaired) electrons. The number of sulfonamides is 1. The predicted octanol–water partition coefficient (Wildman–Crippen LogP) is 5.35. The maximum absolute atomic E-state index is 13.5. The highest BCUT2D eigenvalue weighted by molar-refractivity contribution is 7.89. The Kier molecular flexibility index (Phi) is 8.22. The summed E-state index contributed by atoms with van der Waals surface area (Å²) in [6.45, 7) is 2.05. The summed E-state index contributed by atoms with van der Waals surface area (Å²) in [7, 11) is -3.88. The molecule has 0 spiro atoms. The number of anilines is 1. The summed E-state index contributed by atoms with van der Waals surface area (Å²) in [6, 6.07) is 11.0. The van der Waals surface area contributed by atoms with Gasteiger partial charge in [-0.1, -0.05) is 48.5 Å². The molecule has 31 heavy (non-hydrogen) atoms. The van der Waals surface area contributed by atoms with E-state index in [1.807, 2.05) is 6.92 Å². The molecular formula is C22H26Cl2N2O4S. The van der Waals surface area contributed by atoms with Crippen LogP contribution in [0.15, 0.2) is 47.4 Å². The Labute approximate surface area is 193 Å². The summed E-state index contributed by atoms with van der Waals surface area (Å²) < 4.78 is 33.7. The predicted molar refractivity (Wildman–Crippen MR) is 123 cm³/mol. The number of benzene rings is 2. The molecule has 0 atom stereocenters. The SMILES string of the molecule is CCOc1ccc(S(=O)(=O)N(CC(=O)Nc2cccc(Cl)c2Cl)C2CCCCC2)cc1. The number of hydrogen-bond donors (Lipinski definition) is 1. The fourth-order valence-corrected chi connectivity index (χ4v) is 5.71. The number of carbonyl (C=O) groups is 1. The molecule has 0 aliphatic heterocycles. The van der Waals surface area contributed by atoms with E-state index in [-0.39, 0.29) is 22.5 Å². The first-order valence-corrected chi connectivity index (χ1v) is 12.5. The van der Waals surface area contributed by atoms with Gasteiger partial charge in [-0.05, 0) is 56.2 Å².